The number of ether oxygens (including phenoxy) is 1. The van der Waals surface area contributed by atoms with E-state index in [1.165, 1.54) is 18.2 Å². The summed E-state index contributed by atoms with van der Waals surface area (Å²) in [6.45, 7) is 0.463. The highest BCUT2D eigenvalue weighted by Crippen LogP contribution is 2.18. The number of nitrogens with zero attached hydrogens (tertiary/aromatic N) is 4. The molecule has 0 aliphatic heterocycles. The Morgan fingerprint density at radius 1 is 1.04 bits per heavy atom. The summed E-state index contributed by atoms with van der Waals surface area (Å²) in [7, 11) is 0. The molecule has 0 saturated heterocycles. The van der Waals surface area contributed by atoms with Crippen LogP contribution in [-0.2, 0) is 0 Å². The maximum Gasteiger partial charge on any atom is 0.251 e. The molecule has 140 valence electrons. The molecule has 28 heavy (non-hydrogen) atoms. The molecule has 2 aromatic carbocycles. The topological polar surface area (TPSA) is 81.4 Å². The minimum atomic E-state index is -0.454. The standard InChI is InChI=1S/C20H16FN5O2/c21-16-8-4-7-15(13-16)20(27)22-11-12-28-18-10-9-17-23-24-19(26(17)25-18)14-5-2-1-3-6-14/h1-10,13H,11-12H2,(H,22,27). The van der Waals surface area contributed by atoms with Crippen molar-refractivity contribution in [3.05, 3.63) is 78.1 Å². The van der Waals surface area contributed by atoms with Gasteiger partial charge < -0.3 is 10.1 Å². The molecule has 0 unspecified atom stereocenters. The summed E-state index contributed by atoms with van der Waals surface area (Å²) < 4.78 is 20.4. The quantitative estimate of drug-likeness (QED) is 0.523. The second-order valence-electron chi connectivity index (χ2n) is 5.95. The highest BCUT2D eigenvalue weighted by molar-refractivity contribution is 5.94. The molecular weight excluding hydrogens is 361 g/mol. The summed E-state index contributed by atoms with van der Waals surface area (Å²) in [6, 6.07) is 18.6. The van der Waals surface area contributed by atoms with Crippen molar-refractivity contribution in [2.45, 2.75) is 0 Å². The van der Waals surface area contributed by atoms with E-state index >= 15 is 0 Å². The average Bonchev–Trinajstić information content (AvgIpc) is 3.15. The van der Waals surface area contributed by atoms with Gasteiger partial charge in [0.1, 0.15) is 12.4 Å². The maximum atomic E-state index is 13.2. The minimum Gasteiger partial charge on any atom is -0.475 e. The largest absolute Gasteiger partial charge is 0.475 e. The molecule has 8 heteroatoms. The number of carbonyl (C=O) groups is 1. The molecule has 0 saturated carbocycles. The van der Waals surface area contributed by atoms with Crippen LogP contribution < -0.4 is 10.1 Å². The van der Waals surface area contributed by atoms with Crippen LogP contribution in [0.1, 0.15) is 10.4 Å². The molecule has 0 bridgehead atoms. The number of halogens is 1. The van der Waals surface area contributed by atoms with Crippen LogP contribution in [0.2, 0.25) is 0 Å². The first kappa shape index (κ1) is 17.6. The van der Waals surface area contributed by atoms with E-state index in [1.54, 1.807) is 22.7 Å². The highest BCUT2D eigenvalue weighted by atomic mass is 19.1. The fourth-order valence-corrected chi connectivity index (χ4v) is 2.67. The Labute approximate surface area is 159 Å². The Morgan fingerprint density at radius 2 is 1.89 bits per heavy atom. The summed E-state index contributed by atoms with van der Waals surface area (Å²) in [5, 5.41) is 15.4. The third-order valence-electron chi connectivity index (χ3n) is 3.99. The van der Waals surface area contributed by atoms with Crippen molar-refractivity contribution in [1.29, 1.82) is 0 Å². The van der Waals surface area contributed by atoms with Gasteiger partial charge in [-0.3, -0.25) is 4.79 Å². The molecule has 0 atom stereocenters. The van der Waals surface area contributed by atoms with Crippen LogP contribution >= 0.6 is 0 Å². The van der Waals surface area contributed by atoms with Gasteiger partial charge in [0, 0.05) is 17.2 Å². The fraction of sp³-hybridized carbons (Fsp3) is 0.100. The first-order chi connectivity index (χ1) is 13.7. The summed E-state index contributed by atoms with van der Waals surface area (Å²) in [6.07, 6.45) is 0. The Hall–Kier alpha value is -3.81. The Kier molecular flexibility index (Phi) is 4.92. The van der Waals surface area contributed by atoms with Crippen molar-refractivity contribution in [3.8, 4) is 17.3 Å². The van der Waals surface area contributed by atoms with E-state index in [2.05, 4.69) is 20.6 Å². The van der Waals surface area contributed by atoms with Crippen LogP contribution in [0.3, 0.4) is 0 Å². The molecule has 0 radical (unpaired) electrons. The van der Waals surface area contributed by atoms with Gasteiger partial charge in [0.2, 0.25) is 5.88 Å². The number of aromatic nitrogens is 4. The second kappa shape index (κ2) is 7.83. The van der Waals surface area contributed by atoms with Crippen LogP contribution in [0.5, 0.6) is 5.88 Å². The molecule has 4 aromatic rings. The molecule has 4 rings (SSSR count). The van der Waals surface area contributed by atoms with Crippen LogP contribution in [0.25, 0.3) is 17.0 Å². The third kappa shape index (κ3) is 3.80. The SMILES string of the molecule is O=C(NCCOc1ccc2nnc(-c3ccccc3)n2n1)c1cccc(F)c1. The second-order valence-corrected chi connectivity index (χ2v) is 5.95. The van der Waals surface area contributed by atoms with Gasteiger partial charge in [-0.2, -0.15) is 4.52 Å². The molecule has 1 N–H and O–H groups in total. The zero-order chi connectivity index (χ0) is 19.3. The fourth-order valence-electron chi connectivity index (χ4n) is 2.67. The molecule has 0 aliphatic carbocycles. The van der Waals surface area contributed by atoms with Crippen molar-refractivity contribution in [1.82, 2.24) is 25.1 Å². The molecule has 2 aromatic heterocycles. The zero-order valence-electron chi connectivity index (χ0n) is 14.7. The summed E-state index contributed by atoms with van der Waals surface area (Å²) in [5.41, 5.74) is 1.75. The minimum absolute atomic E-state index is 0.211. The van der Waals surface area contributed by atoms with Crippen molar-refractivity contribution in [3.63, 3.8) is 0 Å². The van der Waals surface area contributed by atoms with Crippen molar-refractivity contribution in [2.75, 3.05) is 13.2 Å². The van der Waals surface area contributed by atoms with Crippen LogP contribution in [0, 0.1) is 5.82 Å². The predicted molar refractivity (Wildman–Crippen MR) is 100 cm³/mol. The summed E-state index contributed by atoms with van der Waals surface area (Å²) in [4.78, 5) is 12.0. The monoisotopic (exact) mass is 377 g/mol. The Bertz CT molecular complexity index is 1110. The first-order valence-corrected chi connectivity index (χ1v) is 8.65. The predicted octanol–water partition coefficient (Wildman–Crippen LogP) is 2.74. The van der Waals surface area contributed by atoms with Gasteiger partial charge in [0.15, 0.2) is 11.5 Å². The lowest BCUT2D eigenvalue weighted by molar-refractivity contribution is 0.0946. The van der Waals surface area contributed by atoms with Gasteiger partial charge in [0.05, 0.1) is 6.54 Å². The van der Waals surface area contributed by atoms with Gasteiger partial charge >= 0.3 is 0 Å². The number of carbonyl (C=O) groups excluding carboxylic acids is 1. The number of amides is 1. The average molecular weight is 377 g/mol. The summed E-state index contributed by atoms with van der Waals surface area (Å²) in [5.74, 6) is 0.172. The number of fused-ring (bicyclic) bond motifs is 1. The molecule has 0 aliphatic rings. The van der Waals surface area contributed by atoms with Crippen molar-refractivity contribution in [2.24, 2.45) is 0 Å². The normalized spacial score (nSPS) is 10.8. The number of nitrogens with one attached hydrogen (secondary N) is 1. The van der Waals surface area contributed by atoms with Crippen LogP contribution in [0.15, 0.2) is 66.7 Å². The third-order valence-corrected chi connectivity index (χ3v) is 3.99. The van der Waals surface area contributed by atoms with E-state index in [-0.39, 0.29) is 24.6 Å². The Balaban J connectivity index is 1.39. The van der Waals surface area contributed by atoms with Gasteiger partial charge in [-0.15, -0.1) is 15.3 Å². The molecule has 0 spiro atoms. The van der Waals surface area contributed by atoms with Crippen LogP contribution in [-0.4, -0.2) is 38.9 Å². The van der Waals surface area contributed by atoms with Crippen molar-refractivity contribution >= 4 is 11.6 Å². The van der Waals surface area contributed by atoms with E-state index < -0.39 is 5.82 Å². The van der Waals surface area contributed by atoms with E-state index in [0.29, 0.717) is 17.4 Å². The van der Waals surface area contributed by atoms with E-state index in [4.69, 9.17) is 4.74 Å². The number of hydrogen-bond acceptors (Lipinski definition) is 5. The molecule has 1 amide bonds. The van der Waals surface area contributed by atoms with Gasteiger partial charge in [-0.1, -0.05) is 36.4 Å². The van der Waals surface area contributed by atoms with Crippen LogP contribution in [0.4, 0.5) is 4.39 Å². The zero-order valence-corrected chi connectivity index (χ0v) is 14.7. The molecule has 7 nitrogen and oxygen atoms in total. The number of rotatable bonds is 6. The molecular formula is C20H16FN5O2. The lowest BCUT2D eigenvalue weighted by Crippen LogP contribution is -2.28. The number of hydrogen-bond donors (Lipinski definition) is 1. The van der Waals surface area contributed by atoms with E-state index in [1.807, 2.05) is 30.3 Å². The smallest absolute Gasteiger partial charge is 0.251 e. The highest BCUT2D eigenvalue weighted by Gasteiger charge is 2.10. The summed E-state index contributed by atoms with van der Waals surface area (Å²) >= 11 is 0. The van der Waals surface area contributed by atoms with Gasteiger partial charge in [0.25, 0.3) is 5.91 Å². The molecule has 2 heterocycles. The van der Waals surface area contributed by atoms with Gasteiger partial charge in [-0.25, -0.2) is 4.39 Å². The first-order valence-electron chi connectivity index (χ1n) is 8.65. The molecule has 0 fully saturated rings. The van der Waals surface area contributed by atoms with E-state index in [0.717, 1.165) is 5.56 Å². The van der Waals surface area contributed by atoms with Crippen molar-refractivity contribution < 1.29 is 13.9 Å². The van der Waals surface area contributed by atoms with E-state index in [9.17, 15) is 9.18 Å². The number of benzene rings is 2. The Morgan fingerprint density at radius 3 is 2.71 bits per heavy atom. The lowest BCUT2D eigenvalue weighted by atomic mass is 10.2. The maximum absolute atomic E-state index is 13.2. The van der Waals surface area contributed by atoms with Gasteiger partial charge in [-0.05, 0) is 24.3 Å². The lowest BCUT2D eigenvalue weighted by Gasteiger charge is -2.08.